The van der Waals surface area contributed by atoms with Crippen LogP contribution in [0.25, 0.3) is 0 Å². The van der Waals surface area contributed by atoms with Gasteiger partial charge in [0.15, 0.2) is 0 Å². The summed E-state index contributed by atoms with van der Waals surface area (Å²) in [6.07, 6.45) is -0.0154. The first-order chi connectivity index (χ1) is 10.8. The summed E-state index contributed by atoms with van der Waals surface area (Å²) in [6, 6.07) is 9.04. The molecule has 1 heterocycles. The van der Waals surface area contributed by atoms with Gasteiger partial charge in [-0.15, -0.1) is 12.4 Å². The van der Waals surface area contributed by atoms with Crippen LogP contribution in [0.2, 0.25) is 0 Å². The predicted molar refractivity (Wildman–Crippen MR) is 93.5 cm³/mol. The van der Waals surface area contributed by atoms with Gasteiger partial charge in [-0.3, -0.25) is 9.69 Å². The van der Waals surface area contributed by atoms with Crippen molar-refractivity contribution in [3.8, 4) is 0 Å². The second kappa shape index (κ2) is 8.35. The first kappa shape index (κ1) is 20.3. The molecule has 7 heteroatoms. The van der Waals surface area contributed by atoms with Crippen LogP contribution in [0.3, 0.4) is 0 Å². The largest absolute Gasteiger partial charge is 0.480 e. The molecule has 0 radical (unpaired) electrons. The van der Waals surface area contributed by atoms with E-state index in [2.05, 4.69) is 5.32 Å². The highest BCUT2D eigenvalue weighted by molar-refractivity contribution is 5.85. The zero-order valence-corrected chi connectivity index (χ0v) is 15.0. The van der Waals surface area contributed by atoms with E-state index in [4.69, 9.17) is 4.74 Å². The zero-order valence-electron chi connectivity index (χ0n) is 14.2. The fourth-order valence-electron chi connectivity index (χ4n) is 2.46. The number of hydrogen-bond donors (Lipinski definition) is 2. The van der Waals surface area contributed by atoms with Crippen molar-refractivity contribution in [1.82, 2.24) is 10.2 Å². The van der Waals surface area contributed by atoms with E-state index in [0.717, 1.165) is 5.56 Å². The lowest BCUT2D eigenvalue weighted by molar-refractivity contribution is -0.141. The maximum atomic E-state index is 11.6. The summed E-state index contributed by atoms with van der Waals surface area (Å²) >= 11 is 0. The first-order valence-corrected chi connectivity index (χ1v) is 7.75. The number of benzene rings is 1. The van der Waals surface area contributed by atoms with Crippen LogP contribution < -0.4 is 5.32 Å². The number of nitrogens with one attached hydrogen (secondary N) is 1. The van der Waals surface area contributed by atoms with Crippen LogP contribution in [0.4, 0.5) is 4.79 Å². The molecule has 0 aliphatic carbocycles. The van der Waals surface area contributed by atoms with Gasteiger partial charge in [-0.05, 0) is 32.8 Å². The van der Waals surface area contributed by atoms with Crippen molar-refractivity contribution in [2.24, 2.45) is 0 Å². The Bertz CT molecular complexity index is 559. The number of aliphatic carboxylic acids is 1. The Morgan fingerprint density at radius 3 is 2.50 bits per heavy atom. The van der Waals surface area contributed by atoms with Gasteiger partial charge in [0.1, 0.15) is 11.6 Å². The first-order valence-electron chi connectivity index (χ1n) is 7.75. The average Bonchev–Trinajstić information content (AvgIpc) is 3.21. The number of nitrogens with zero attached hydrogens (tertiary/aromatic N) is 1. The summed E-state index contributed by atoms with van der Waals surface area (Å²) in [5.41, 5.74) is 0.454. The van der Waals surface area contributed by atoms with E-state index in [1.165, 1.54) is 0 Å². The zero-order chi connectivity index (χ0) is 17.0. The second-order valence-electron chi connectivity index (χ2n) is 6.78. The third-order valence-corrected chi connectivity index (χ3v) is 3.60. The number of carbonyl (C=O) groups is 2. The van der Waals surface area contributed by atoms with Crippen molar-refractivity contribution in [2.75, 3.05) is 13.1 Å². The molecule has 1 aromatic carbocycles. The van der Waals surface area contributed by atoms with Gasteiger partial charge in [0.2, 0.25) is 0 Å². The van der Waals surface area contributed by atoms with Gasteiger partial charge in [-0.2, -0.15) is 0 Å². The molecular weight excluding hydrogens is 332 g/mol. The van der Waals surface area contributed by atoms with Crippen LogP contribution >= 0.6 is 12.4 Å². The third-order valence-electron chi connectivity index (χ3n) is 3.60. The van der Waals surface area contributed by atoms with E-state index < -0.39 is 23.7 Å². The molecule has 3 atom stereocenters. The molecular formula is C17H25ClN2O4. The molecule has 1 aromatic rings. The molecule has 134 valence electrons. The van der Waals surface area contributed by atoms with Gasteiger partial charge >= 0.3 is 12.1 Å². The summed E-state index contributed by atoms with van der Waals surface area (Å²) in [6.45, 7) is 6.47. The molecule has 2 rings (SSSR count). The Labute approximate surface area is 148 Å². The standard InChI is InChI=1S/C17H24N2O4.ClH/c1-17(2,3)23-16(22)18-10-13-11-19(13)14(15(20)21)9-12-7-5-4-6-8-12;/h4-8,13-14H,9-11H2,1-3H3,(H,18,22)(H,20,21);1H/t13?,14-,19?;/m1./s1. The van der Waals surface area contributed by atoms with E-state index >= 15 is 0 Å². The molecule has 1 aliphatic heterocycles. The number of halogens is 1. The highest BCUT2D eigenvalue weighted by Gasteiger charge is 2.43. The average molecular weight is 357 g/mol. The molecule has 1 aliphatic rings. The maximum absolute atomic E-state index is 11.6. The Morgan fingerprint density at radius 2 is 1.96 bits per heavy atom. The quantitative estimate of drug-likeness (QED) is 0.765. The number of carbonyl (C=O) groups excluding carboxylic acids is 1. The monoisotopic (exact) mass is 356 g/mol. The minimum atomic E-state index is -0.839. The van der Waals surface area contributed by atoms with Crippen molar-refractivity contribution in [3.05, 3.63) is 35.9 Å². The molecule has 6 nitrogen and oxygen atoms in total. The molecule has 2 N–H and O–H groups in total. The van der Waals surface area contributed by atoms with E-state index in [1.54, 1.807) is 20.8 Å². The van der Waals surface area contributed by atoms with Gasteiger partial charge in [-0.25, -0.2) is 4.79 Å². The fourth-order valence-corrected chi connectivity index (χ4v) is 2.46. The predicted octanol–water partition coefficient (Wildman–Crippen LogP) is 2.31. The number of alkyl carbamates (subject to hydrolysis) is 1. The summed E-state index contributed by atoms with van der Waals surface area (Å²) < 4.78 is 5.17. The number of hydrogen-bond acceptors (Lipinski definition) is 4. The number of carboxylic acids is 1. The number of ether oxygens (including phenoxy) is 1. The van der Waals surface area contributed by atoms with E-state index in [-0.39, 0.29) is 18.4 Å². The van der Waals surface area contributed by atoms with Crippen LogP contribution in [0, 0.1) is 0 Å². The molecule has 1 saturated heterocycles. The van der Waals surface area contributed by atoms with Gasteiger partial charge in [0.05, 0.1) is 0 Å². The second-order valence-corrected chi connectivity index (χ2v) is 6.78. The molecule has 24 heavy (non-hydrogen) atoms. The molecule has 2 unspecified atom stereocenters. The van der Waals surface area contributed by atoms with Crippen LogP contribution in [0.15, 0.2) is 30.3 Å². The summed E-state index contributed by atoms with van der Waals surface area (Å²) in [5, 5.41) is 12.1. The summed E-state index contributed by atoms with van der Waals surface area (Å²) in [4.78, 5) is 25.0. The summed E-state index contributed by atoms with van der Waals surface area (Å²) in [5.74, 6) is -0.839. The minimum Gasteiger partial charge on any atom is -0.480 e. The fraction of sp³-hybridized carbons (Fsp3) is 0.529. The molecule has 0 spiro atoms. The number of carboxylic acid groups (broad SMARTS) is 1. The van der Waals surface area contributed by atoms with Crippen molar-refractivity contribution >= 4 is 24.5 Å². The highest BCUT2D eigenvalue weighted by atomic mass is 35.5. The third kappa shape index (κ3) is 6.37. The number of rotatable bonds is 6. The molecule has 0 saturated carbocycles. The van der Waals surface area contributed by atoms with Crippen molar-refractivity contribution in [3.63, 3.8) is 0 Å². The number of amides is 1. The lowest BCUT2D eigenvalue weighted by Gasteiger charge is -2.20. The van der Waals surface area contributed by atoms with Gasteiger partial charge < -0.3 is 15.2 Å². The van der Waals surface area contributed by atoms with Gasteiger partial charge in [-0.1, -0.05) is 30.3 Å². The Balaban J connectivity index is 0.00000288. The van der Waals surface area contributed by atoms with Crippen LogP contribution in [-0.4, -0.2) is 52.8 Å². The van der Waals surface area contributed by atoms with Crippen LogP contribution in [0.5, 0.6) is 0 Å². The van der Waals surface area contributed by atoms with Crippen LogP contribution in [-0.2, 0) is 16.0 Å². The SMILES string of the molecule is CC(C)(C)OC(=O)NCC1CN1[C@H](Cc1ccccc1)C(=O)O.Cl. The topological polar surface area (TPSA) is 78.6 Å². The van der Waals surface area contributed by atoms with Crippen molar-refractivity contribution < 1.29 is 19.4 Å². The lowest BCUT2D eigenvalue weighted by atomic mass is 10.1. The van der Waals surface area contributed by atoms with Gasteiger partial charge in [0, 0.05) is 19.1 Å². The molecule has 0 bridgehead atoms. The smallest absolute Gasteiger partial charge is 0.407 e. The highest BCUT2D eigenvalue weighted by Crippen LogP contribution is 2.23. The van der Waals surface area contributed by atoms with E-state index in [9.17, 15) is 14.7 Å². The Kier molecular flexibility index (Phi) is 7.05. The van der Waals surface area contributed by atoms with E-state index in [0.29, 0.717) is 19.5 Å². The molecule has 1 amide bonds. The lowest BCUT2D eigenvalue weighted by Crippen LogP contribution is -2.37. The van der Waals surface area contributed by atoms with Crippen LogP contribution in [0.1, 0.15) is 26.3 Å². The van der Waals surface area contributed by atoms with E-state index in [1.807, 2.05) is 35.2 Å². The van der Waals surface area contributed by atoms with Gasteiger partial charge in [0.25, 0.3) is 0 Å². The Hall–Kier alpha value is -1.79. The minimum absolute atomic E-state index is 0. The summed E-state index contributed by atoms with van der Waals surface area (Å²) in [7, 11) is 0. The molecule has 1 fully saturated rings. The van der Waals surface area contributed by atoms with Crippen molar-refractivity contribution in [2.45, 2.75) is 44.9 Å². The normalized spacial score (nSPS) is 20.5. The van der Waals surface area contributed by atoms with Crippen molar-refractivity contribution in [1.29, 1.82) is 0 Å². The molecule has 0 aromatic heterocycles. The maximum Gasteiger partial charge on any atom is 0.407 e. The Morgan fingerprint density at radius 1 is 1.33 bits per heavy atom.